The molecule has 0 amide bonds. The summed E-state index contributed by atoms with van der Waals surface area (Å²) in [5.41, 5.74) is 1.76. The zero-order valence-electron chi connectivity index (χ0n) is 15.2. The molecule has 0 unspecified atom stereocenters. The van der Waals surface area contributed by atoms with Gasteiger partial charge in [0.2, 0.25) is 0 Å². The molecule has 1 aliphatic rings. The number of aliphatic imine (C=N–C) groups is 1. The SMILES string of the molecule is CCCCOc1ccc(N=C2SCCN2C(=S)Nc2cccc(Cl)c2)cc1. The van der Waals surface area contributed by atoms with E-state index in [4.69, 9.17) is 33.5 Å². The Kier molecular flexibility index (Phi) is 7.38. The molecule has 1 aliphatic heterocycles. The lowest BCUT2D eigenvalue weighted by Crippen LogP contribution is -2.35. The van der Waals surface area contributed by atoms with Gasteiger partial charge in [0, 0.05) is 23.0 Å². The number of nitrogens with zero attached hydrogens (tertiary/aromatic N) is 2. The van der Waals surface area contributed by atoms with E-state index in [-0.39, 0.29) is 0 Å². The van der Waals surface area contributed by atoms with Crippen molar-refractivity contribution in [3.63, 3.8) is 0 Å². The highest BCUT2D eigenvalue weighted by Gasteiger charge is 2.23. The van der Waals surface area contributed by atoms with Crippen LogP contribution in [-0.2, 0) is 0 Å². The van der Waals surface area contributed by atoms with Crippen LogP contribution in [0.3, 0.4) is 0 Å². The average Bonchev–Trinajstić information content (AvgIpc) is 3.12. The minimum Gasteiger partial charge on any atom is -0.494 e. The maximum absolute atomic E-state index is 6.04. The Bertz CT molecular complexity index is 811. The summed E-state index contributed by atoms with van der Waals surface area (Å²) in [7, 11) is 0. The fraction of sp³-hybridized carbons (Fsp3) is 0.300. The van der Waals surface area contributed by atoms with E-state index in [0.717, 1.165) is 54.0 Å². The highest BCUT2D eigenvalue weighted by atomic mass is 35.5. The van der Waals surface area contributed by atoms with Crippen LogP contribution in [0.15, 0.2) is 53.5 Å². The average molecular weight is 420 g/mol. The molecule has 0 saturated carbocycles. The van der Waals surface area contributed by atoms with Gasteiger partial charge in [-0.15, -0.1) is 0 Å². The Balaban J connectivity index is 1.65. The summed E-state index contributed by atoms with van der Waals surface area (Å²) in [6, 6.07) is 15.4. The predicted octanol–water partition coefficient (Wildman–Crippen LogP) is 5.95. The minimum absolute atomic E-state index is 0.625. The molecular weight excluding hydrogens is 398 g/mol. The van der Waals surface area contributed by atoms with Crippen molar-refractivity contribution >= 4 is 57.2 Å². The van der Waals surface area contributed by atoms with Gasteiger partial charge in [0.15, 0.2) is 10.3 Å². The van der Waals surface area contributed by atoms with Crippen LogP contribution in [0.25, 0.3) is 0 Å². The molecule has 2 aromatic rings. The Labute approximate surface area is 175 Å². The van der Waals surface area contributed by atoms with Crippen molar-refractivity contribution in [2.24, 2.45) is 4.99 Å². The molecule has 0 aliphatic carbocycles. The monoisotopic (exact) mass is 419 g/mol. The smallest absolute Gasteiger partial charge is 0.179 e. The van der Waals surface area contributed by atoms with E-state index in [0.29, 0.717) is 10.1 Å². The molecule has 0 spiro atoms. The Morgan fingerprint density at radius 3 is 2.85 bits per heavy atom. The van der Waals surface area contributed by atoms with E-state index < -0.39 is 0 Å². The Morgan fingerprint density at radius 1 is 1.30 bits per heavy atom. The van der Waals surface area contributed by atoms with Gasteiger partial charge in [-0.1, -0.05) is 42.8 Å². The Hall–Kier alpha value is -1.76. The number of thioether (sulfide) groups is 1. The maximum Gasteiger partial charge on any atom is 0.179 e. The van der Waals surface area contributed by atoms with Crippen LogP contribution >= 0.6 is 35.6 Å². The number of hydrogen-bond acceptors (Lipinski definition) is 4. The molecule has 0 radical (unpaired) electrons. The largest absolute Gasteiger partial charge is 0.494 e. The van der Waals surface area contributed by atoms with Crippen LogP contribution in [0.1, 0.15) is 19.8 Å². The van der Waals surface area contributed by atoms with Crippen LogP contribution < -0.4 is 10.1 Å². The Morgan fingerprint density at radius 2 is 2.11 bits per heavy atom. The van der Waals surface area contributed by atoms with Gasteiger partial charge < -0.3 is 10.1 Å². The molecule has 1 fully saturated rings. The quantitative estimate of drug-likeness (QED) is 0.462. The van der Waals surface area contributed by atoms with Crippen molar-refractivity contribution in [2.75, 3.05) is 24.2 Å². The highest BCUT2D eigenvalue weighted by molar-refractivity contribution is 8.14. The van der Waals surface area contributed by atoms with Gasteiger partial charge in [0.05, 0.1) is 12.3 Å². The molecule has 1 N–H and O–H groups in total. The lowest BCUT2D eigenvalue weighted by atomic mass is 10.3. The molecule has 2 aromatic carbocycles. The zero-order chi connectivity index (χ0) is 19.1. The third-order valence-electron chi connectivity index (χ3n) is 3.93. The van der Waals surface area contributed by atoms with E-state index in [1.165, 1.54) is 0 Å². The van der Waals surface area contributed by atoms with Gasteiger partial charge in [-0.05, 0) is 61.1 Å². The third kappa shape index (κ3) is 5.86. The number of rotatable bonds is 6. The van der Waals surface area contributed by atoms with Crippen LogP contribution in [0.4, 0.5) is 11.4 Å². The van der Waals surface area contributed by atoms with Crippen LogP contribution in [0.5, 0.6) is 5.75 Å². The summed E-state index contributed by atoms with van der Waals surface area (Å²) >= 11 is 13.3. The second kappa shape index (κ2) is 9.97. The van der Waals surface area contributed by atoms with E-state index >= 15 is 0 Å². The number of nitrogens with one attached hydrogen (secondary N) is 1. The molecule has 1 heterocycles. The summed E-state index contributed by atoms with van der Waals surface area (Å²) in [4.78, 5) is 6.77. The summed E-state index contributed by atoms with van der Waals surface area (Å²) in [6.07, 6.45) is 2.19. The molecule has 1 saturated heterocycles. The van der Waals surface area contributed by atoms with Gasteiger partial charge >= 0.3 is 0 Å². The van der Waals surface area contributed by atoms with Crippen LogP contribution in [-0.4, -0.2) is 34.1 Å². The van der Waals surface area contributed by atoms with Crippen molar-refractivity contribution in [1.29, 1.82) is 0 Å². The first kappa shape index (κ1) is 20.0. The second-order valence-corrected chi connectivity index (χ2v) is 7.92. The van der Waals surface area contributed by atoms with Crippen LogP contribution in [0.2, 0.25) is 5.02 Å². The number of halogens is 1. The minimum atomic E-state index is 0.625. The van der Waals surface area contributed by atoms with Crippen molar-refractivity contribution in [2.45, 2.75) is 19.8 Å². The normalized spacial score (nSPS) is 15.2. The molecule has 3 rings (SSSR count). The molecule has 142 valence electrons. The number of ether oxygens (including phenoxy) is 1. The summed E-state index contributed by atoms with van der Waals surface area (Å²) in [6.45, 7) is 3.73. The van der Waals surface area contributed by atoms with Gasteiger partial charge in [0.25, 0.3) is 0 Å². The summed E-state index contributed by atoms with van der Waals surface area (Å²) in [5.74, 6) is 1.83. The van der Waals surface area contributed by atoms with Gasteiger partial charge in [-0.2, -0.15) is 0 Å². The van der Waals surface area contributed by atoms with Gasteiger partial charge in [-0.3, -0.25) is 4.90 Å². The number of benzene rings is 2. The number of amidine groups is 1. The highest BCUT2D eigenvalue weighted by Crippen LogP contribution is 2.25. The molecular formula is C20H22ClN3OS2. The van der Waals surface area contributed by atoms with E-state index in [1.807, 2.05) is 53.4 Å². The lowest BCUT2D eigenvalue weighted by molar-refractivity contribution is 0.309. The van der Waals surface area contributed by atoms with Gasteiger partial charge in [-0.25, -0.2) is 4.99 Å². The topological polar surface area (TPSA) is 36.9 Å². The third-order valence-corrected chi connectivity index (χ3v) is 5.44. The van der Waals surface area contributed by atoms with Gasteiger partial charge in [0.1, 0.15) is 5.75 Å². The summed E-state index contributed by atoms with van der Waals surface area (Å²) in [5, 5.41) is 5.43. The lowest BCUT2D eigenvalue weighted by Gasteiger charge is -2.20. The first-order valence-electron chi connectivity index (χ1n) is 8.94. The first-order chi connectivity index (χ1) is 13.2. The molecule has 4 nitrogen and oxygen atoms in total. The zero-order valence-corrected chi connectivity index (χ0v) is 17.5. The first-order valence-corrected chi connectivity index (χ1v) is 10.7. The molecule has 0 atom stereocenters. The van der Waals surface area contributed by atoms with Crippen molar-refractivity contribution in [3.8, 4) is 5.75 Å². The number of hydrogen-bond donors (Lipinski definition) is 1. The van der Waals surface area contributed by atoms with Crippen molar-refractivity contribution in [3.05, 3.63) is 53.6 Å². The number of unbranched alkanes of at least 4 members (excludes halogenated alkanes) is 1. The molecule has 7 heteroatoms. The fourth-order valence-electron chi connectivity index (χ4n) is 2.50. The van der Waals surface area contributed by atoms with E-state index in [2.05, 4.69) is 12.2 Å². The standard InChI is InChI=1S/C20H22ClN3OS2/c1-2-3-12-25-18-9-7-16(8-10-18)23-20-24(11-13-27-20)19(26)22-17-6-4-5-15(21)14-17/h4-10,14H,2-3,11-13H2,1H3,(H,22,26). The number of thiocarbonyl (C=S) groups is 1. The van der Waals surface area contributed by atoms with Crippen molar-refractivity contribution in [1.82, 2.24) is 4.90 Å². The predicted molar refractivity (Wildman–Crippen MR) is 121 cm³/mol. The maximum atomic E-state index is 6.04. The van der Waals surface area contributed by atoms with Crippen molar-refractivity contribution < 1.29 is 4.74 Å². The molecule has 27 heavy (non-hydrogen) atoms. The fourth-order valence-corrected chi connectivity index (χ4v) is 4.01. The second-order valence-electron chi connectivity index (χ2n) is 6.03. The van der Waals surface area contributed by atoms with E-state index in [9.17, 15) is 0 Å². The van der Waals surface area contributed by atoms with Crippen LogP contribution in [0, 0.1) is 0 Å². The molecule has 0 bridgehead atoms. The van der Waals surface area contributed by atoms with E-state index in [1.54, 1.807) is 11.8 Å². The summed E-state index contributed by atoms with van der Waals surface area (Å²) < 4.78 is 5.70. The molecule has 0 aromatic heterocycles. The number of anilines is 1.